The molecule has 6 nitrogen and oxygen atoms in total. The first kappa shape index (κ1) is 24.0. The smallest absolute Gasteiger partial charge is 0.242 e. The molecule has 176 valence electrons. The molecule has 0 radical (unpaired) electrons. The number of benzene rings is 2. The fourth-order valence-electron chi connectivity index (χ4n) is 4.21. The minimum Gasteiger partial charge on any atom is -0.378 e. The summed E-state index contributed by atoms with van der Waals surface area (Å²) >= 11 is 1.30. The van der Waals surface area contributed by atoms with Gasteiger partial charge in [-0.05, 0) is 60.6 Å². The average Bonchev–Trinajstić information content (AvgIpc) is 3.13. The van der Waals surface area contributed by atoms with Crippen molar-refractivity contribution >= 4 is 40.5 Å². The second-order valence-corrected chi connectivity index (χ2v) is 9.94. The van der Waals surface area contributed by atoms with Gasteiger partial charge in [-0.2, -0.15) is 5.10 Å². The average molecular weight is 475 g/mol. The number of carbonyl (C=O) groups is 2. The van der Waals surface area contributed by atoms with E-state index < -0.39 is 5.25 Å². The fourth-order valence-corrected chi connectivity index (χ4v) is 5.31. The number of carbonyl (C=O) groups excluding carboxylic acids is 2. The van der Waals surface area contributed by atoms with Crippen molar-refractivity contribution in [2.24, 2.45) is 10.2 Å². The maximum Gasteiger partial charge on any atom is 0.242 e. The van der Waals surface area contributed by atoms with Gasteiger partial charge in [-0.1, -0.05) is 42.1 Å². The van der Waals surface area contributed by atoms with Crippen LogP contribution >= 0.6 is 11.8 Å². The van der Waals surface area contributed by atoms with E-state index in [0.717, 1.165) is 30.5 Å². The number of hydrogen-bond acceptors (Lipinski definition) is 6. The summed E-state index contributed by atoms with van der Waals surface area (Å²) < 4.78 is 0. The van der Waals surface area contributed by atoms with Crippen molar-refractivity contribution < 1.29 is 9.59 Å². The normalized spacial score (nSPS) is 19.0. The lowest BCUT2D eigenvalue weighted by Crippen LogP contribution is -2.32. The zero-order valence-corrected chi connectivity index (χ0v) is 20.6. The lowest BCUT2D eigenvalue weighted by atomic mass is 9.89. The summed E-state index contributed by atoms with van der Waals surface area (Å²) in [6.07, 6.45) is 7.94. The minimum atomic E-state index is -0.503. The molecule has 0 N–H and O–H groups in total. The number of thioether (sulfide) groups is 1. The molecule has 1 heterocycles. The molecule has 1 saturated heterocycles. The molecule has 0 spiro atoms. The van der Waals surface area contributed by atoms with Gasteiger partial charge in [-0.3, -0.25) is 14.5 Å². The Morgan fingerprint density at radius 1 is 1.15 bits per heavy atom. The first-order chi connectivity index (χ1) is 16.5. The number of ketones is 1. The van der Waals surface area contributed by atoms with Crippen LogP contribution in [0.1, 0.15) is 46.3 Å². The van der Waals surface area contributed by atoms with E-state index in [0.29, 0.717) is 17.3 Å². The van der Waals surface area contributed by atoms with Crippen LogP contribution in [0.2, 0.25) is 0 Å². The Hall–Kier alpha value is -3.19. The van der Waals surface area contributed by atoms with Gasteiger partial charge in [-0.25, -0.2) is 0 Å². The molecule has 1 unspecified atom stereocenters. The maximum absolute atomic E-state index is 13.0. The van der Waals surface area contributed by atoms with Crippen LogP contribution in [0, 0.1) is 0 Å². The summed E-state index contributed by atoms with van der Waals surface area (Å²) in [6, 6.07) is 13.9. The molecule has 1 aliphatic carbocycles. The van der Waals surface area contributed by atoms with Crippen LogP contribution < -0.4 is 4.90 Å². The Kier molecular flexibility index (Phi) is 7.63. The monoisotopic (exact) mass is 474 g/mol. The molecule has 4 rings (SSSR count). The van der Waals surface area contributed by atoms with Gasteiger partial charge < -0.3 is 4.90 Å². The highest BCUT2D eigenvalue weighted by atomic mass is 32.2. The predicted molar refractivity (Wildman–Crippen MR) is 141 cm³/mol. The Balaban J connectivity index is 1.45. The van der Waals surface area contributed by atoms with Gasteiger partial charge in [0, 0.05) is 38.3 Å². The molecule has 2 aliphatic rings. The van der Waals surface area contributed by atoms with Crippen LogP contribution in [0.25, 0.3) is 0 Å². The van der Waals surface area contributed by atoms with Gasteiger partial charge in [0.1, 0.15) is 0 Å². The maximum atomic E-state index is 13.0. The summed E-state index contributed by atoms with van der Waals surface area (Å²) in [6.45, 7) is 4.08. The van der Waals surface area contributed by atoms with E-state index in [9.17, 15) is 9.59 Å². The first-order valence-corrected chi connectivity index (χ1v) is 12.5. The minimum absolute atomic E-state index is 0.0106. The van der Waals surface area contributed by atoms with Crippen molar-refractivity contribution in [1.29, 1.82) is 0 Å². The Morgan fingerprint density at radius 2 is 1.88 bits per heavy atom. The molecule has 7 heteroatoms. The molecule has 2 aromatic rings. The third-order valence-electron chi connectivity index (χ3n) is 6.13. The second kappa shape index (κ2) is 10.8. The third kappa shape index (κ3) is 5.47. The zero-order chi connectivity index (χ0) is 24.1. The molecule has 0 aromatic heterocycles. The van der Waals surface area contributed by atoms with E-state index in [1.807, 2.05) is 55.4 Å². The van der Waals surface area contributed by atoms with E-state index in [1.54, 1.807) is 17.2 Å². The van der Waals surface area contributed by atoms with Gasteiger partial charge in [0.05, 0.1) is 11.5 Å². The molecular formula is C27H30N4O2S. The standard InChI is InChI=1S/C27H30N4O2S/c1-4-15-31-26(33)25(17-24(32)22-12-11-20-7-5-6-8-21(20)16-22)34-27(31)29-28-18-19-9-13-23(14-10-19)30(2)3/h4,9-14,16,18,25H,1,5-8,15,17H2,2-3H3. The third-order valence-corrected chi connectivity index (χ3v) is 7.30. The van der Waals surface area contributed by atoms with Crippen LogP contribution in [0.15, 0.2) is 65.3 Å². The summed E-state index contributed by atoms with van der Waals surface area (Å²) in [4.78, 5) is 29.6. The van der Waals surface area contributed by atoms with Gasteiger partial charge in [0.25, 0.3) is 0 Å². The highest BCUT2D eigenvalue weighted by molar-refractivity contribution is 8.15. The molecule has 1 amide bonds. The number of amidine groups is 1. The highest BCUT2D eigenvalue weighted by Crippen LogP contribution is 2.31. The predicted octanol–water partition coefficient (Wildman–Crippen LogP) is 4.72. The van der Waals surface area contributed by atoms with Crippen LogP contribution in [0.4, 0.5) is 5.69 Å². The van der Waals surface area contributed by atoms with E-state index in [2.05, 4.69) is 22.8 Å². The Morgan fingerprint density at radius 3 is 2.59 bits per heavy atom. The van der Waals surface area contributed by atoms with Gasteiger partial charge in [0.2, 0.25) is 5.91 Å². The molecule has 2 aromatic carbocycles. The van der Waals surface area contributed by atoms with Crippen molar-refractivity contribution in [3.8, 4) is 0 Å². The Bertz CT molecular complexity index is 1140. The molecule has 1 fully saturated rings. The quantitative estimate of drug-likeness (QED) is 0.240. The van der Waals surface area contributed by atoms with Crippen molar-refractivity contribution in [3.63, 3.8) is 0 Å². The lowest BCUT2D eigenvalue weighted by Gasteiger charge is -2.16. The van der Waals surface area contributed by atoms with Crippen molar-refractivity contribution in [2.75, 3.05) is 25.5 Å². The summed E-state index contributed by atoms with van der Waals surface area (Å²) in [5.74, 6) is -0.135. The zero-order valence-electron chi connectivity index (χ0n) is 19.7. The number of Topliss-reactive ketones (excluding diaryl/α,β-unsaturated/α-hetero) is 1. The molecular weight excluding hydrogens is 444 g/mol. The van der Waals surface area contributed by atoms with E-state index >= 15 is 0 Å². The Labute approximate surface area is 205 Å². The highest BCUT2D eigenvalue weighted by Gasteiger charge is 2.38. The van der Waals surface area contributed by atoms with Gasteiger partial charge in [0.15, 0.2) is 11.0 Å². The van der Waals surface area contributed by atoms with Crippen molar-refractivity contribution in [3.05, 3.63) is 77.4 Å². The van der Waals surface area contributed by atoms with Crippen molar-refractivity contribution in [2.45, 2.75) is 37.4 Å². The van der Waals surface area contributed by atoms with E-state index in [4.69, 9.17) is 0 Å². The van der Waals surface area contributed by atoms with Crippen LogP contribution in [-0.4, -0.2) is 53.9 Å². The number of rotatable bonds is 8. The van der Waals surface area contributed by atoms with Crippen LogP contribution in [0.5, 0.6) is 0 Å². The lowest BCUT2D eigenvalue weighted by molar-refractivity contribution is -0.125. The summed E-state index contributed by atoms with van der Waals surface area (Å²) in [5, 5.41) is 8.49. The summed E-state index contributed by atoms with van der Waals surface area (Å²) in [5.41, 5.74) is 5.32. The molecule has 0 saturated carbocycles. The topological polar surface area (TPSA) is 65.3 Å². The van der Waals surface area contributed by atoms with Crippen LogP contribution in [-0.2, 0) is 17.6 Å². The summed E-state index contributed by atoms with van der Waals surface area (Å²) in [7, 11) is 3.98. The number of nitrogens with zero attached hydrogens (tertiary/aromatic N) is 4. The number of aryl methyl sites for hydroxylation is 2. The molecule has 1 atom stereocenters. The number of anilines is 1. The van der Waals surface area contributed by atoms with Gasteiger partial charge in [-0.15, -0.1) is 11.7 Å². The first-order valence-electron chi connectivity index (χ1n) is 11.6. The largest absolute Gasteiger partial charge is 0.378 e. The number of amides is 1. The number of hydrogen-bond donors (Lipinski definition) is 0. The molecule has 34 heavy (non-hydrogen) atoms. The van der Waals surface area contributed by atoms with Gasteiger partial charge >= 0.3 is 0 Å². The molecule has 0 bridgehead atoms. The van der Waals surface area contributed by atoms with Crippen LogP contribution in [0.3, 0.4) is 0 Å². The van der Waals surface area contributed by atoms with E-state index in [-0.39, 0.29) is 18.1 Å². The fraction of sp³-hybridized carbons (Fsp3) is 0.333. The number of fused-ring (bicyclic) bond motifs is 1. The second-order valence-electron chi connectivity index (χ2n) is 8.78. The van der Waals surface area contributed by atoms with Crippen molar-refractivity contribution in [1.82, 2.24) is 4.90 Å². The SMILES string of the molecule is C=CCN1C(=O)C(CC(=O)c2ccc3c(c2)CCCC3)SC1=NN=Cc1ccc(N(C)C)cc1. The molecule has 1 aliphatic heterocycles. The van der Waals surface area contributed by atoms with E-state index in [1.165, 1.54) is 29.3 Å².